The minimum atomic E-state index is -1.62. The van der Waals surface area contributed by atoms with Gasteiger partial charge in [0.25, 0.3) is 0 Å². The standard InChI is InChI=1S/C10H6F3NO2/c1-3-6(10(15)16)4-2-5(11)7(12)8(13)9(4)14-3/h2,14H,1H3,(H,15,16). The first-order chi connectivity index (χ1) is 7.43. The van der Waals surface area contributed by atoms with Crippen LogP contribution in [-0.2, 0) is 0 Å². The lowest BCUT2D eigenvalue weighted by atomic mass is 10.1. The predicted octanol–water partition coefficient (Wildman–Crippen LogP) is 2.59. The van der Waals surface area contributed by atoms with E-state index in [-0.39, 0.29) is 22.2 Å². The number of carboxylic acid groups (broad SMARTS) is 1. The number of H-pyrrole nitrogens is 1. The zero-order chi connectivity index (χ0) is 12.0. The second-order valence-electron chi connectivity index (χ2n) is 3.34. The van der Waals surface area contributed by atoms with Crippen molar-refractivity contribution in [3.63, 3.8) is 0 Å². The maximum atomic E-state index is 13.3. The van der Waals surface area contributed by atoms with Gasteiger partial charge in [0, 0.05) is 11.1 Å². The molecule has 0 aliphatic carbocycles. The van der Waals surface area contributed by atoms with Crippen molar-refractivity contribution in [2.45, 2.75) is 6.92 Å². The Morgan fingerprint density at radius 3 is 2.50 bits per heavy atom. The first-order valence-corrected chi connectivity index (χ1v) is 4.32. The summed E-state index contributed by atoms with van der Waals surface area (Å²) >= 11 is 0. The van der Waals surface area contributed by atoms with Crippen LogP contribution in [0.2, 0.25) is 0 Å². The lowest BCUT2D eigenvalue weighted by Gasteiger charge is -1.97. The number of benzene rings is 1. The molecule has 3 nitrogen and oxygen atoms in total. The molecule has 0 aliphatic rings. The highest BCUT2D eigenvalue weighted by Crippen LogP contribution is 2.27. The van der Waals surface area contributed by atoms with Gasteiger partial charge in [-0.15, -0.1) is 0 Å². The Kier molecular flexibility index (Phi) is 2.15. The SMILES string of the molecule is Cc1[nH]c2c(F)c(F)c(F)cc2c1C(=O)O. The second kappa shape index (κ2) is 3.26. The maximum Gasteiger partial charge on any atom is 0.338 e. The van der Waals surface area contributed by atoms with E-state index in [1.807, 2.05) is 0 Å². The summed E-state index contributed by atoms with van der Waals surface area (Å²) in [6, 6.07) is 0.667. The molecule has 2 aromatic rings. The molecular weight excluding hydrogens is 223 g/mol. The summed E-state index contributed by atoms with van der Waals surface area (Å²) in [4.78, 5) is 13.2. The van der Waals surface area contributed by atoms with Crippen molar-refractivity contribution in [1.29, 1.82) is 0 Å². The van der Waals surface area contributed by atoms with Crippen LogP contribution in [0.4, 0.5) is 13.2 Å². The molecule has 0 spiro atoms. The van der Waals surface area contributed by atoms with E-state index in [0.29, 0.717) is 6.07 Å². The van der Waals surface area contributed by atoms with E-state index in [9.17, 15) is 18.0 Å². The van der Waals surface area contributed by atoms with Crippen molar-refractivity contribution >= 4 is 16.9 Å². The minimum Gasteiger partial charge on any atom is -0.478 e. The summed E-state index contributed by atoms with van der Waals surface area (Å²) in [7, 11) is 0. The average Bonchev–Trinajstić information content (AvgIpc) is 2.51. The number of carboxylic acids is 1. The molecule has 0 bridgehead atoms. The Labute approximate surface area is 87.5 Å². The van der Waals surface area contributed by atoms with Crippen molar-refractivity contribution in [2.24, 2.45) is 0 Å². The number of fused-ring (bicyclic) bond motifs is 1. The van der Waals surface area contributed by atoms with Gasteiger partial charge < -0.3 is 10.1 Å². The van der Waals surface area contributed by atoms with Crippen LogP contribution in [0.5, 0.6) is 0 Å². The van der Waals surface area contributed by atoms with Gasteiger partial charge in [-0.1, -0.05) is 0 Å². The molecule has 0 radical (unpaired) electrons. The third-order valence-corrected chi connectivity index (χ3v) is 2.33. The molecule has 1 aromatic carbocycles. The number of aryl methyl sites for hydroxylation is 1. The fourth-order valence-corrected chi connectivity index (χ4v) is 1.64. The molecule has 0 amide bonds. The molecule has 84 valence electrons. The highest BCUT2D eigenvalue weighted by atomic mass is 19.2. The smallest absolute Gasteiger partial charge is 0.338 e. The minimum absolute atomic E-state index is 0.145. The van der Waals surface area contributed by atoms with E-state index in [2.05, 4.69) is 4.98 Å². The first-order valence-electron chi connectivity index (χ1n) is 4.32. The van der Waals surface area contributed by atoms with Crippen LogP contribution in [0.1, 0.15) is 16.1 Å². The summed E-state index contributed by atoms with van der Waals surface area (Å²) < 4.78 is 39.1. The molecule has 1 aromatic heterocycles. The van der Waals surface area contributed by atoms with E-state index in [1.165, 1.54) is 6.92 Å². The lowest BCUT2D eigenvalue weighted by Crippen LogP contribution is -1.98. The molecule has 0 aliphatic heterocycles. The van der Waals surface area contributed by atoms with Gasteiger partial charge in [-0.3, -0.25) is 0 Å². The summed E-state index contributed by atoms with van der Waals surface area (Å²) in [5.74, 6) is -5.77. The van der Waals surface area contributed by atoms with Gasteiger partial charge in [0.2, 0.25) is 0 Å². The summed E-state index contributed by atoms with van der Waals surface area (Å²) in [5, 5.41) is 8.67. The molecule has 16 heavy (non-hydrogen) atoms. The van der Waals surface area contributed by atoms with Crippen LogP contribution in [0.25, 0.3) is 10.9 Å². The Hall–Kier alpha value is -1.98. The van der Waals surface area contributed by atoms with Gasteiger partial charge in [0.05, 0.1) is 11.1 Å². The molecule has 0 fully saturated rings. The molecule has 6 heteroatoms. The highest BCUT2D eigenvalue weighted by Gasteiger charge is 2.21. The van der Waals surface area contributed by atoms with Crippen LogP contribution < -0.4 is 0 Å². The number of rotatable bonds is 1. The average molecular weight is 229 g/mol. The summed E-state index contributed by atoms with van der Waals surface area (Å²) in [5.41, 5.74) is -0.451. The molecule has 0 unspecified atom stereocenters. The Morgan fingerprint density at radius 1 is 1.31 bits per heavy atom. The quantitative estimate of drug-likeness (QED) is 0.738. The van der Waals surface area contributed by atoms with Crippen LogP contribution in [0, 0.1) is 24.4 Å². The van der Waals surface area contributed by atoms with Crippen molar-refractivity contribution in [3.8, 4) is 0 Å². The topological polar surface area (TPSA) is 53.1 Å². The molecule has 0 saturated heterocycles. The number of carbonyl (C=O) groups is 1. The third kappa shape index (κ3) is 1.26. The van der Waals surface area contributed by atoms with Gasteiger partial charge in [-0.05, 0) is 13.0 Å². The highest BCUT2D eigenvalue weighted by molar-refractivity contribution is 6.04. The number of nitrogens with one attached hydrogen (secondary N) is 1. The van der Waals surface area contributed by atoms with Crippen LogP contribution in [-0.4, -0.2) is 16.1 Å². The van der Waals surface area contributed by atoms with E-state index in [4.69, 9.17) is 5.11 Å². The van der Waals surface area contributed by atoms with Gasteiger partial charge in [0.15, 0.2) is 17.5 Å². The van der Waals surface area contributed by atoms with Crippen molar-refractivity contribution < 1.29 is 23.1 Å². The fraction of sp³-hybridized carbons (Fsp3) is 0.100. The van der Waals surface area contributed by atoms with Crippen molar-refractivity contribution in [2.75, 3.05) is 0 Å². The van der Waals surface area contributed by atoms with E-state index in [0.717, 1.165) is 0 Å². The normalized spacial score (nSPS) is 11.0. The Balaban J connectivity index is 2.96. The van der Waals surface area contributed by atoms with Gasteiger partial charge in [0.1, 0.15) is 0 Å². The largest absolute Gasteiger partial charge is 0.478 e. The van der Waals surface area contributed by atoms with Crippen molar-refractivity contribution in [3.05, 3.63) is 34.8 Å². The van der Waals surface area contributed by atoms with Crippen LogP contribution >= 0.6 is 0 Å². The van der Waals surface area contributed by atoms with E-state index in [1.54, 1.807) is 0 Å². The molecule has 2 N–H and O–H groups in total. The maximum absolute atomic E-state index is 13.3. The molecule has 0 saturated carbocycles. The fourth-order valence-electron chi connectivity index (χ4n) is 1.64. The van der Waals surface area contributed by atoms with Crippen LogP contribution in [0.3, 0.4) is 0 Å². The van der Waals surface area contributed by atoms with E-state index >= 15 is 0 Å². The molecule has 0 atom stereocenters. The predicted molar refractivity (Wildman–Crippen MR) is 49.9 cm³/mol. The monoisotopic (exact) mass is 229 g/mol. The second-order valence-corrected chi connectivity index (χ2v) is 3.34. The zero-order valence-corrected chi connectivity index (χ0v) is 8.07. The lowest BCUT2D eigenvalue weighted by molar-refractivity contribution is 0.0698. The van der Waals surface area contributed by atoms with Crippen molar-refractivity contribution in [1.82, 2.24) is 4.98 Å². The molecule has 1 heterocycles. The number of aromatic amines is 1. The number of aromatic carboxylic acids is 1. The molecule has 2 rings (SSSR count). The van der Waals surface area contributed by atoms with Crippen LogP contribution in [0.15, 0.2) is 6.07 Å². The third-order valence-electron chi connectivity index (χ3n) is 2.33. The summed E-state index contributed by atoms with van der Waals surface area (Å²) in [6.45, 7) is 1.39. The summed E-state index contributed by atoms with van der Waals surface area (Å²) in [6.07, 6.45) is 0. The zero-order valence-electron chi connectivity index (χ0n) is 8.07. The number of hydrogen-bond acceptors (Lipinski definition) is 1. The Morgan fingerprint density at radius 2 is 1.94 bits per heavy atom. The Bertz CT molecular complexity index is 604. The van der Waals surface area contributed by atoms with E-state index < -0.39 is 23.4 Å². The first kappa shape index (κ1) is 10.5. The number of hydrogen-bond donors (Lipinski definition) is 2. The number of halogens is 3. The molecular formula is C10H6F3NO2. The van der Waals surface area contributed by atoms with Gasteiger partial charge in [-0.2, -0.15) is 0 Å². The van der Waals surface area contributed by atoms with Gasteiger partial charge in [-0.25, -0.2) is 18.0 Å². The van der Waals surface area contributed by atoms with Gasteiger partial charge >= 0.3 is 5.97 Å². The number of aromatic nitrogens is 1.